The van der Waals surface area contributed by atoms with Crippen molar-refractivity contribution >= 4 is 28.2 Å². The van der Waals surface area contributed by atoms with Gasteiger partial charge in [-0.25, -0.2) is 0 Å². The van der Waals surface area contributed by atoms with Crippen LogP contribution in [0.25, 0.3) is 0 Å². The predicted molar refractivity (Wildman–Crippen MR) is 419 cm³/mol. The van der Waals surface area contributed by atoms with Crippen molar-refractivity contribution in [2.75, 3.05) is 60.8 Å². The fourth-order valence-corrected chi connectivity index (χ4v) is 16.9. The van der Waals surface area contributed by atoms with E-state index in [4.69, 9.17) is 56.2 Å². The zero-order valence-electron chi connectivity index (χ0n) is 65.8. The second kappa shape index (κ2) is 43.8. The SMILES string of the molecule is CCCCCCCCCC[C@H](C)[C@@H](OCc1ccc(OC)cc1)[C@@H](C)/C=C(C)/C=C(\C)[C@@H](O[Si](CC)(CC)CC)[C@H](C)/C=C(\C)C(=O)N(c1ccc(OC)cc1OC)[C@H](COCc1ccc(OC)cc1)[C@@H](OCc1ccc(OC)cc1)[C@@H](CO[Si](C)(C)C(C)(C)C)OCc1ccc(OC)cc1. The number of carbonyl (C=O) groups excluding carboxylic acids is 1. The van der Waals surface area contributed by atoms with Crippen molar-refractivity contribution in [2.24, 2.45) is 17.8 Å². The summed E-state index contributed by atoms with van der Waals surface area (Å²) in [5, 5.41) is -0.150. The van der Waals surface area contributed by atoms with E-state index in [9.17, 15) is 0 Å². The van der Waals surface area contributed by atoms with Gasteiger partial charge in [0.2, 0.25) is 0 Å². The van der Waals surface area contributed by atoms with Crippen LogP contribution in [0, 0.1) is 17.8 Å². The van der Waals surface area contributed by atoms with Crippen LogP contribution in [-0.2, 0) is 59.0 Å². The Balaban J connectivity index is 1.71. The van der Waals surface area contributed by atoms with E-state index in [0.717, 1.165) is 81.0 Å². The Morgan fingerprint density at radius 1 is 0.515 bits per heavy atom. The van der Waals surface area contributed by atoms with Crippen molar-refractivity contribution < 1.29 is 61.0 Å². The molecule has 14 nitrogen and oxygen atoms in total. The van der Waals surface area contributed by atoms with E-state index in [0.29, 0.717) is 35.3 Å². The number of hydrogen-bond acceptors (Lipinski definition) is 13. The van der Waals surface area contributed by atoms with Crippen LogP contribution in [0.15, 0.2) is 150 Å². The molecule has 0 aliphatic rings. The number of carbonyl (C=O) groups is 1. The fourth-order valence-electron chi connectivity index (χ4n) is 12.9. The van der Waals surface area contributed by atoms with Crippen molar-refractivity contribution in [3.05, 3.63) is 172 Å². The van der Waals surface area contributed by atoms with Gasteiger partial charge in [-0.05, 0) is 158 Å². The predicted octanol–water partition coefficient (Wildman–Crippen LogP) is 21.1. The summed E-state index contributed by atoms with van der Waals surface area (Å²) in [4.78, 5) is 18.6. The average Bonchev–Trinajstić information content (AvgIpc) is 0.786. The molecule has 1 amide bonds. The molecule has 0 spiro atoms. The number of unbranched alkanes of at least 4 members (excludes halogenated alkanes) is 7. The molecule has 5 rings (SSSR count). The second-order valence-electron chi connectivity index (χ2n) is 29.0. The van der Waals surface area contributed by atoms with Crippen molar-refractivity contribution in [1.82, 2.24) is 0 Å². The maximum Gasteiger partial charge on any atom is 0.254 e. The van der Waals surface area contributed by atoms with Crippen LogP contribution >= 0.6 is 0 Å². The maximum absolute atomic E-state index is 16.8. The molecule has 0 aromatic heterocycles. The number of allylic oxidation sites excluding steroid dienone is 2. The van der Waals surface area contributed by atoms with Crippen LogP contribution in [-0.4, -0.2) is 109 Å². The summed E-state index contributed by atoms with van der Waals surface area (Å²) < 4.78 is 77.9. The molecular weight excluding hydrogens is 1300 g/mol. The molecule has 0 fully saturated rings. The summed E-state index contributed by atoms with van der Waals surface area (Å²) in [6.45, 7) is 34.6. The van der Waals surface area contributed by atoms with Crippen LogP contribution in [0.2, 0.25) is 36.3 Å². The largest absolute Gasteiger partial charge is 0.497 e. The van der Waals surface area contributed by atoms with Gasteiger partial charge in [0.05, 0.1) is 106 Å². The summed E-state index contributed by atoms with van der Waals surface area (Å²) in [6, 6.07) is 39.2. The number of anilines is 1. The Labute approximate surface area is 612 Å². The highest BCUT2D eigenvalue weighted by Gasteiger charge is 2.44. The van der Waals surface area contributed by atoms with Gasteiger partial charge in [0, 0.05) is 23.5 Å². The van der Waals surface area contributed by atoms with Gasteiger partial charge < -0.3 is 56.2 Å². The number of methoxy groups -OCH3 is 6. The number of ether oxygens (including phenoxy) is 10. The highest BCUT2D eigenvalue weighted by Crippen LogP contribution is 2.40. The molecule has 0 aliphatic carbocycles. The molecule has 0 N–H and O–H groups in total. The Kier molecular flexibility index (Phi) is 37.0. The van der Waals surface area contributed by atoms with Crippen LogP contribution < -0.4 is 33.3 Å². The molecule has 0 heterocycles. The van der Waals surface area contributed by atoms with E-state index in [1.807, 2.05) is 110 Å². The number of rotatable bonds is 48. The summed E-state index contributed by atoms with van der Waals surface area (Å²) in [5.41, 5.74) is 7.06. The monoisotopic (exact) mass is 1430 g/mol. The van der Waals surface area contributed by atoms with E-state index in [2.05, 4.69) is 127 Å². The van der Waals surface area contributed by atoms with Gasteiger partial charge in [-0.15, -0.1) is 0 Å². The zero-order valence-corrected chi connectivity index (χ0v) is 67.8. The van der Waals surface area contributed by atoms with Gasteiger partial charge in [0.25, 0.3) is 5.91 Å². The summed E-state index contributed by atoms with van der Waals surface area (Å²) in [6.07, 6.45) is 16.1. The zero-order chi connectivity index (χ0) is 74.1. The third-order valence-corrected chi connectivity index (χ3v) is 29.7. The van der Waals surface area contributed by atoms with Crippen LogP contribution in [0.3, 0.4) is 0 Å². The summed E-state index contributed by atoms with van der Waals surface area (Å²) in [5.74, 6) is 3.88. The number of benzene rings is 5. The molecule has 0 radical (unpaired) electrons. The van der Waals surface area contributed by atoms with E-state index >= 15 is 4.79 Å². The minimum atomic E-state index is -2.48. The summed E-state index contributed by atoms with van der Waals surface area (Å²) in [7, 11) is 5.12. The molecule has 0 aliphatic heterocycles. The lowest BCUT2D eigenvalue weighted by molar-refractivity contribution is -0.128. The van der Waals surface area contributed by atoms with E-state index < -0.39 is 34.9 Å². The average molecular weight is 1430 g/mol. The second-order valence-corrected chi connectivity index (χ2v) is 38.6. The molecule has 5 aromatic rings. The third kappa shape index (κ3) is 27.1. The van der Waals surface area contributed by atoms with Crippen molar-refractivity contribution in [3.8, 4) is 34.5 Å². The van der Waals surface area contributed by atoms with E-state index in [-0.39, 0.29) is 68.0 Å². The first kappa shape index (κ1) is 85.4. The number of hydrogen-bond donors (Lipinski definition) is 0. The molecule has 8 atom stereocenters. The Morgan fingerprint density at radius 3 is 1.42 bits per heavy atom. The molecule has 0 unspecified atom stereocenters. The highest BCUT2D eigenvalue weighted by atomic mass is 28.4. The lowest BCUT2D eigenvalue weighted by Crippen LogP contribution is -2.57. The Bertz CT molecular complexity index is 3240. The fraction of sp³-hybridized carbons (Fsp3) is 0.565. The summed E-state index contributed by atoms with van der Waals surface area (Å²) >= 11 is 0. The van der Waals surface area contributed by atoms with E-state index in [1.165, 1.54) is 51.4 Å². The van der Waals surface area contributed by atoms with Gasteiger partial charge in [0.1, 0.15) is 46.7 Å². The molecule has 16 heteroatoms. The molecule has 560 valence electrons. The minimum absolute atomic E-state index is 0.00780. The number of amides is 1. The van der Waals surface area contributed by atoms with E-state index in [1.54, 1.807) is 47.6 Å². The molecule has 0 saturated heterocycles. The van der Waals surface area contributed by atoms with Crippen molar-refractivity contribution in [2.45, 2.75) is 241 Å². The minimum Gasteiger partial charge on any atom is -0.497 e. The quantitative estimate of drug-likeness (QED) is 0.0159. The smallest absolute Gasteiger partial charge is 0.254 e. The lowest BCUT2D eigenvalue weighted by Gasteiger charge is -2.42. The molecule has 0 bridgehead atoms. The Hall–Kier alpha value is -6.22. The standard InChI is InChI=1S/C85H129NO13Si2/c1-22-26-27-28-29-30-31-32-33-63(6)81(96-58-70-38-46-74(90-16)47-39-70)64(7)52-62(5)53-65(8)82(99-101(23-2,24-3)25-4)66(9)54-67(10)84(87)86(77-51-50-76(92-18)55-79(77)93-19)78(60-94-56-68-34-42-72(88-14)43-35-68)83(97-59-71-40-48-75(91-17)49-41-71)80(61-98-100(20,21)85(11,12)13)95-57-69-36-44-73(89-15)45-37-69/h34-55,63-64,66,78,80-83H,22-33,56-61H2,1-21H3/b62-52+,65-53+,67-54+/t63-,64-,66+,78+,80+,81+,82+,83+/m0/s1. The first-order chi connectivity index (χ1) is 48.4. The van der Waals surface area contributed by atoms with Crippen molar-refractivity contribution in [3.63, 3.8) is 0 Å². The van der Waals surface area contributed by atoms with Crippen LogP contribution in [0.5, 0.6) is 34.5 Å². The van der Waals surface area contributed by atoms with Crippen LogP contribution in [0.4, 0.5) is 5.69 Å². The van der Waals surface area contributed by atoms with Crippen molar-refractivity contribution in [1.29, 1.82) is 0 Å². The van der Waals surface area contributed by atoms with Gasteiger partial charge >= 0.3 is 0 Å². The first-order valence-electron chi connectivity index (χ1n) is 37.2. The maximum atomic E-state index is 16.8. The third-order valence-electron chi connectivity index (χ3n) is 20.6. The normalized spacial score (nSPS) is 15.0. The van der Waals surface area contributed by atoms with Gasteiger partial charge in [-0.3, -0.25) is 9.69 Å². The highest BCUT2D eigenvalue weighted by molar-refractivity contribution is 6.74. The Morgan fingerprint density at radius 2 is 0.960 bits per heavy atom. The molecule has 101 heavy (non-hydrogen) atoms. The van der Waals surface area contributed by atoms with Gasteiger partial charge in [-0.2, -0.15) is 0 Å². The number of nitrogens with zero attached hydrogens (tertiary/aromatic N) is 1. The topological polar surface area (TPSA) is 131 Å². The van der Waals surface area contributed by atoms with Gasteiger partial charge in [-0.1, -0.05) is 193 Å². The molecule has 5 aromatic carbocycles. The molecule has 0 saturated carbocycles. The first-order valence-corrected chi connectivity index (χ1v) is 42.7. The lowest BCUT2D eigenvalue weighted by atomic mass is 9.87. The van der Waals surface area contributed by atoms with Gasteiger partial charge in [0.15, 0.2) is 16.6 Å². The molecular formula is C85H129NO13Si2. The van der Waals surface area contributed by atoms with Crippen LogP contribution in [0.1, 0.15) is 170 Å².